The Kier molecular flexibility index (Phi) is 4.41. The Balaban J connectivity index is 1.69. The van der Waals surface area contributed by atoms with Crippen LogP contribution in [0.25, 0.3) is 0 Å². The third kappa shape index (κ3) is 3.06. The fourth-order valence-electron chi connectivity index (χ4n) is 3.87. The van der Waals surface area contributed by atoms with E-state index in [0.717, 1.165) is 5.56 Å². The number of ether oxygens (including phenoxy) is 3. The molecule has 2 aliphatic heterocycles. The summed E-state index contributed by atoms with van der Waals surface area (Å²) in [7, 11) is 2.63. The van der Waals surface area contributed by atoms with Crippen molar-refractivity contribution in [2.75, 3.05) is 19.1 Å². The highest BCUT2D eigenvalue weighted by Gasteiger charge is 2.50. The molecular weight excluding hydrogens is 376 g/mol. The summed E-state index contributed by atoms with van der Waals surface area (Å²) in [4.78, 5) is 38.0. The number of hydrogen-bond acceptors (Lipinski definition) is 6. The van der Waals surface area contributed by atoms with Gasteiger partial charge in [-0.05, 0) is 49.4 Å². The molecule has 2 amide bonds. The van der Waals surface area contributed by atoms with Gasteiger partial charge in [0.05, 0.1) is 31.4 Å². The molecule has 4 rings (SSSR count). The average Bonchev–Trinajstić information content (AvgIpc) is 2.72. The molecule has 0 saturated carbocycles. The number of nitrogens with zero attached hydrogens (tertiary/aromatic N) is 1. The van der Waals surface area contributed by atoms with Gasteiger partial charge in [-0.25, -0.2) is 14.4 Å². The molecule has 2 aliphatic rings. The molecule has 2 aromatic rings. The SMILES string of the molecule is COC(=O)c1ccc(N2C(=O)N[C@@H]3C[C@]2(C)Oc2ccc(C(=O)OC)cc23)cc1. The molecule has 0 radical (unpaired) electrons. The van der Waals surface area contributed by atoms with Crippen molar-refractivity contribution in [2.24, 2.45) is 0 Å². The Labute approximate surface area is 167 Å². The van der Waals surface area contributed by atoms with Gasteiger partial charge in [-0.2, -0.15) is 0 Å². The minimum atomic E-state index is -0.931. The topological polar surface area (TPSA) is 94.2 Å². The van der Waals surface area contributed by atoms with Crippen LogP contribution in [-0.2, 0) is 9.47 Å². The quantitative estimate of drug-likeness (QED) is 0.802. The molecule has 8 heteroatoms. The highest BCUT2D eigenvalue weighted by atomic mass is 16.5. The van der Waals surface area contributed by atoms with Crippen molar-refractivity contribution in [3.05, 3.63) is 59.2 Å². The van der Waals surface area contributed by atoms with Gasteiger partial charge in [0.2, 0.25) is 0 Å². The number of rotatable bonds is 3. The molecule has 0 unspecified atom stereocenters. The molecule has 0 aromatic heterocycles. The van der Waals surface area contributed by atoms with Crippen LogP contribution in [0.15, 0.2) is 42.5 Å². The van der Waals surface area contributed by atoms with E-state index in [1.54, 1.807) is 42.5 Å². The van der Waals surface area contributed by atoms with Gasteiger partial charge in [0.1, 0.15) is 5.75 Å². The van der Waals surface area contributed by atoms with Gasteiger partial charge in [0.25, 0.3) is 0 Å². The van der Waals surface area contributed by atoms with Gasteiger partial charge < -0.3 is 19.5 Å². The number of carbonyl (C=O) groups is 3. The maximum absolute atomic E-state index is 12.9. The summed E-state index contributed by atoms with van der Waals surface area (Å²) in [5.41, 5.74) is 1.18. The molecule has 29 heavy (non-hydrogen) atoms. The summed E-state index contributed by atoms with van der Waals surface area (Å²) in [5, 5.41) is 2.97. The predicted molar refractivity (Wildman–Crippen MR) is 103 cm³/mol. The zero-order valence-corrected chi connectivity index (χ0v) is 16.2. The maximum atomic E-state index is 12.9. The second kappa shape index (κ2) is 6.80. The normalized spacial score (nSPS) is 22.1. The minimum Gasteiger partial charge on any atom is -0.467 e. The van der Waals surface area contributed by atoms with Crippen molar-refractivity contribution >= 4 is 23.7 Å². The predicted octanol–water partition coefficient (Wildman–Crippen LogP) is 3.03. The molecule has 2 aromatic carbocycles. The Morgan fingerprint density at radius 3 is 2.34 bits per heavy atom. The van der Waals surface area contributed by atoms with Crippen LogP contribution in [0.2, 0.25) is 0 Å². The number of esters is 2. The van der Waals surface area contributed by atoms with Crippen molar-refractivity contribution in [2.45, 2.75) is 25.1 Å². The van der Waals surface area contributed by atoms with Crippen LogP contribution in [-0.4, -0.2) is 37.9 Å². The first-order valence-electron chi connectivity index (χ1n) is 9.06. The number of methoxy groups -OCH3 is 2. The van der Waals surface area contributed by atoms with Crippen molar-refractivity contribution in [3.63, 3.8) is 0 Å². The number of carbonyl (C=O) groups excluding carboxylic acids is 3. The van der Waals surface area contributed by atoms with E-state index in [-0.39, 0.29) is 12.1 Å². The van der Waals surface area contributed by atoms with Crippen LogP contribution in [0.3, 0.4) is 0 Å². The van der Waals surface area contributed by atoms with Crippen LogP contribution in [0.4, 0.5) is 10.5 Å². The van der Waals surface area contributed by atoms with Gasteiger partial charge >= 0.3 is 18.0 Å². The summed E-state index contributed by atoms with van der Waals surface area (Å²) in [6.07, 6.45) is 0.481. The lowest BCUT2D eigenvalue weighted by molar-refractivity contribution is 0.0377. The molecule has 1 saturated heterocycles. The Hall–Kier alpha value is -3.55. The monoisotopic (exact) mass is 396 g/mol. The molecule has 1 fully saturated rings. The largest absolute Gasteiger partial charge is 0.467 e. The van der Waals surface area contributed by atoms with E-state index in [1.807, 2.05) is 6.92 Å². The van der Waals surface area contributed by atoms with E-state index in [2.05, 4.69) is 5.32 Å². The summed E-state index contributed by atoms with van der Waals surface area (Å²) in [6, 6.07) is 11.0. The number of anilines is 1. The van der Waals surface area contributed by atoms with Crippen LogP contribution in [0.1, 0.15) is 45.7 Å². The number of fused-ring (bicyclic) bond motifs is 4. The third-order valence-electron chi connectivity index (χ3n) is 5.24. The molecular formula is C21H20N2O6. The molecule has 8 nitrogen and oxygen atoms in total. The molecule has 150 valence electrons. The van der Waals surface area contributed by atoms with Crippen LogP contribution in [0.5, 0.6) is 5.75 Å². The second-order valence-corrected chi connectivity index (χ2v) is 7.10. The summed E-state index contributed by atoms with van der Waals surface area (Å²) < 4.78 is 15.7. The van der Waals surface area contributed by atoms with Gasteiger partial charge in [0, 0.05) is 17.7 Å². The summed E-state index contributed by atoms with van der Waals surface area (Å²) >= 11 is 0. The number of nitrogens with one attached hydrogen (secondary N) is 1. The summed E-state index contributed by atoms with van der Waals surface area (Å²) in [5.74, 6) is -0.307. The Bertz CT molecular complexity index is 1000. The number of urea groups is 1. The number of benzene rings is 2. The zero-order valence-electron chi connectivity index (χ0n) is 16.2. The van der Waals surface area contributed by atoms with E-state index in [0.29, 0.717) is 29.0 Å². The minimum absolute atomic E-state index is 0.300. The van der Waals surface area contributed by atoms with E-state index in [1.165, 1.54) is 19.1 Å². The summed E-state index contributed by atoms with van der Waals surface area (Å²) in [6.45, 7) is 1.84. The van der Waals surface area contributed by atoms with Gasteiger partial charge in [-0.3, -0.25) is 4.90 Å². The molecule has 2 bridgehead atoms. The first-order valence-corrected chi connectivity index (χ1v) is 9.06. The number of amides is 2. The Morgan fingerprint density at radius 2 is 1.69 bits per heavy atom. The van der Waals surface area contributed by atoms with Gasteiger partial charge in [-0.15, -0.1) is 0 Å². The fraction of sp³-hybridized carbons (Fsp3) is 0.286. The molecule has 2 heterocycles. The van der Waals surface area contributed by atoms with E-state index in [4.69, 9.17) is 14.2 Å². The van der Waals surface area contributed by atoms with Crippen molar-refractivity contribution in [1.29, 1.82) is 0 Å². The first kappa shape index (κ1) is 18.8. The van der Waals surface area contributed by atoms with Crippen molar-refractivity contribution in [1.82, 2.24) is 5.32 Å². The van der Waals surface area contributed by atoms with Crippen LogP contribution in [0, 0.1) is 0 Å². The second-order valence-electron chi connectivity index (χ2n) is 7.10. The van der Waals surface area contributed by atoms with E-state index < -0.39 is 17.7 Å². The van der Waals surface area contributed by atoms with Crippen LogP contribution >= 0.6 is 0 Å². The average molecular weight is 396 g/mol. The van der Waals surface area contributed by atoms with E-state index >= 15 is 0 Å². The van der Waals surface area contributed by atoms with Gasteiger partial charge in [0.15, 0.2) is 5.72 Å². The van der Waals surface area contributed by atoms with Crippen LogP contribution < -0.4 is 15.0 Å². The zero-order chi connectivity index (χ0) is 20.8. The first-order chi connectivity index (χ1) is 13.9. The lowest BCUT2D eigenvalue weighted by Crippen LogP contribution is -2.65. The molecule has 1 N–H and O–H groups in total. The van der Waals surface area contributed by atoms with Gasteiger partial charge in [-0.1, -0.05) is 0 Å². The standard InChI is InChI=1S/C21H20N2O6/c1-21-11-16(15-10-13(19(25)28-3)6-9-17(15)29-21)22-20(26)23(21)14-7-4-12(5-8-14)18(24)27-2/h4-10,16H,11H2,1-3H3,(H,22,26)/t16-,21+/m1/s1. The van der Waals surface area contributed by atoms with E-state index in [9.17, 15) is 14.4 Å². The lowest BCUT2D eigenvalue weighted by atomic mass is 9.89. The molecule has 0 spiro atoms. The number of hydrogen-bond donors (Lipinski definition) is 1. The molecule has 2 atom stereocenters. The Morgan fingerprint density at radius 1 is 1.07 bits per heavy atom. The third-order valence-corrected chi connectivity index (χ3v) is 5.24. The highest BCUT2D eigenvalue weighted by molar-refractivity contribution is 5.96. The maximum Gasteiger partial charge on any atom is 0.337 e. The van der Waals surface area contributed by atoms with Crippen molar-refractivity contribution in [3.8, 4) is 5.75 Å². The molecule has 0 aliphatic carbocycles. The fourth-order valence-corrected chi connectivity index (χ4v) is 3.87. The highest BCUT2D eigenvalue weighted by Crippen LogP contribution is 2.45. The lowest BCUT2D eigenvalue weighted by Gasteiger charge is -2.50. The smallest absolute Gasteiger partial charge is 0.337 e. The van der Waals surface area contributed by atoms with Crippen molar-refractivity contribution < 1.29 is 28.6 Å².